The Hall–Kier alpha value is -0.410. The van der Waals surface area contributed by atoms with Crippen LogP contribution in [0, 0.1) is 11.7 Å². The molecule has 72 valence electrons. The van der Waals surface area contributed by atoms with Crippen molar-refractivity contribution in [3.63, 3.8) is 0 Å². The van der Waals surface area contributed by atoms with Crippen molar-refractivity contribution in [1.29, 1.82) is 0 Å². The fraction of sp³-hybridized carbons (Fsp3) is 0.400. The lowest BCUT2D eigenvalue weighted by Gasteiger charge is -2.16. The fourth-order valence-electron chi connectivity index (χ4n) is 1.11. The van der Waals surface area contributed by atoms with Crippen LogP contribution in [0.1, 0.15) is 25.5 Å². The van der Waals surface area contributed by atoms with Gasteiger partial charge in [0, 0.05) is 0 Å². The lowest BCUT2D eigenvalue weighted by molar-refractivity contribution is 0.126. The fourth-order valence-corrected chi connectivity index (χ4v) is 1.61. The number of rotatable bonds is 2. The van der Waals surface area contributed by atoms with Gasteiger partial charge in [0.1, 0.15) is 5.82 Å². The summed E-state index contributed by atoms with van der Waals surface area (Å²) in [5, 5.41) is 9.71. The van der Waals surface area contributed by atoms with Crippen molar-refractivity contribution in [2.45, 2.75) is 20.0 Å². The maximum atomic E-state index is 13.0. The van der Waals surface area contributed by atoms with Gasteiger partial charge in [-0.05, 0) is 33.5 Å². The van der Waals surface area contributed by atoms with E-state index in [-0.39, 0.29) is 11.7 Å². The van der Waals surface area contributed by atoms with E-state index in [0.717, 1.165) is 0 Å². The van der Waals surface area contributed by atoms with Gasteiger partial charge in [0.2, 0.25) is 0 Å². The maximum Gasteiger partial charge on any atom is 0.137 e. The Morgan fingerprint density at radius 3 is 2.54 bits per heavy atom. The summed E-state index contributed by atoms with van der Waals surface area (Å²) in [6.45, 7) is 3.78. The molecule has 0 aliphatic heterocycles. The van der Waals surface area contributed by atoms with Gasteiger partial charge in [-0.15, -0.1) is 0 Å². The van der Waals surface area contributed by atoms with Crippen molar-refractivity contribution in [3.8, 4) is 0 Å². The van der Waals surface area contributed by atoms with E-state index in [1.54, 1.807) is 12.1 Å². The topological polar surface area (TPSA) is 20.2 Å². The number of aliphatic hydroxyl groups is 1. The molecule has 1 rings (SSSR count). The van der Waals surface area contributed by atoms with Crippen molar-refractivity contribution in [3.05, 3.63) is 34.1 Å². The van der Waals surface area contributed by atoms with Crippen LogP contribution >= 0.6 is 15.9 Å². The first-order chi connectivity index (χ1) is 6.04. The number of hydrogen-bond donors (Lipinski definition) is 1. The van der Waals surface area contributed by atoms with E-state index in [1.807, 2.05) is 13.8 Å². The van der Waals surface area contributed by atoms with Crippen molar-refractivity contribution in [2.24, 2.45) is 5.92 Å². The van der Waals surface area contributed by atoms with Crippen LogP contribution < -0.4 is 0 Å². The Bertz CT molecular complexity index is 299. The van der Waals surface area contributed by atoms with E-state index in [9.17, 15) is 9.50 Å². The molecular weight excluding hydrogens is 235 g/mol. The van der Waals surface area contributed by atoms with Crippen LogP contribution in [0.25, 0.3) is 0 Å². The molecule has 13 heavy (non-hydrogen) atoms. The zero-order valence-electron chi connectivity index (χ0n) is 7.59. The van der Waals surface area contributed by atoms with Crippen molar-refractivity contribution in [2.75, 3.05) is 0 Å². The van der Waals surface area contributed by atoms with Crippen LogP contribution in [0.5, 0.6) is 0 Å². The normalized spacial score (nSPS) is 13.4. The van der Waals surface area contributed by atoms with E-state index in [4.69, 9.17) is 0 Å². The van der Waals surface area contributed by atoms with Crippen LogP contribution in [0.2, 0.25) is 0 Å². The molecule has 0 aliphatic carbocycles. The van der Waals surface area contributed by atoms with Crippen molar-refractivity contribution >= 4 is 15.9 Å². The molecule has 1 aromatic carbocycles. The summed E-state index contributed by atoms with van der Waals surface area (Å²) in [5.74, 6) is -0.254. The Kier molecular flexibility index (Phi) is 3.45. The molecule has 3 heteroatoms. The van der Waals surface area contributed by atoms with Crippen LogP contribution in [-0.4, -0.2) is 5.11 Å². The summed E-state index contributed by atoms with van der Waals surface area (Å²) in [6.07, 6.45) is -0.620. The summed E-state index contributed by atoms with van der Waals surface area (Å²) in [5.41, 5.74) is 0.606. The van der Waals surface area contributed by atoms with Gasteiger partial charge in [0.05, 0.1) is 10.6 Å². The zero-order valence-corrected chi connectivity index (χ0v) is 9.18. The minimum absolute atomic E-state index is 0.0816. The van der Waals surface area contributed by atoms with E-state index in [1.165, 1.54) is 6.07 Å². The SMILES string of the molecule is CC(C)C(O)c1cccc(F)c1Br. The number of halogens is 2. The number of benzene rings is 1. The zero-order chi connectivity index (χ0) is 10.0. The molecule has 0 aromatic heterocycles. The average molecular weight is 247 g/mol. The van der Waals surface area contributed by atoms with Gasteiger partial charge in [-0.1, -0.05) is 26.0 Å². The van der Waals surface area contributed by atoms with E-state index in [0.29, 0.717) is 10.0 Å². The van der Waals surface area contributed by atoms with Gasteiger partial charge in [0.15, 0.2) is 0 Å². The molecule has 1 aromatic rings. The third-order valence-corrected chi connectivity index (χ3v) is 2.77. The second-order valence-electron chi connectivity index (χ2n) is 3.33. The third kappa shape index (κ3) is 2.29. The highest BCUT2D eigenvalue weighted by molar-refractivity contribution is 9.10. The van der Waals surface area contributed by atoms with Gasteiger partial charge in [0.25, 0.3) is 0 Å². The Balaban J connectivity index is 3.07. The number of aliphatic hydroxyl groups excluding tert-OH is 1. The second kappa shape index (κ2) is 4.20. The monoisotopic (exact) mass is 246 g/mol. The quantitative estimate of drug-likeness (QED) is 0.850. The first-order valence-corrected chi connectivity index (χ1v) is 4.95. The summed E-state index contributed by atoms with van der Waals surface area (Å²) in [4.78, 5) is 0. The lowest BCUT2D eigenvalue weighted by Crippen LogP contribution is -2.06. The molecule has 0 saturated carbocycles. The molecule has 0 spiro atoms. The minimum atomic E-state index is -0.620. The lowest BCUT2D eigenvalue weighted by atomic mass is 9.99. The standard InChI is InChI=1S/C10H12BrFO/c1-6(2)10(13)7-4-3-5-8(12)9(7)11/h3-6,10,13H,1-2H3. The smallest absolute Gasteiger partial charge is 0.137 e. The average Bonchev–Trinajstić information content (AvgIpc) is 2.08. The van der Waals surface area contributed by atoms with Crippen molar-refractivity contribution in [1.82, 2.24) is 0 Å². The summed E-state index contributed by atoms with van der Waals surface area (Å²) in [6, 6.07) is 4.68. The molecule has 1 atom stereocenters. The molecule has 1 N–H and O–H groups in total. The molecule has 0 radical (unpaired) electrons. The van der Waals surface area contributed by atoms with Gasteiger partial charge in [-0.2, -0.15) is 0 Å². The van der Waals surface area contributed by atoms with Crippen LogP contribution in [-0.2, 0) is 0 Å². The van der Waals surface area contributed by atoms with Crippen LogP contribution in [0.3, 0.4) is 0 Å². The van der Waals surface area contributed by atoms with E-state index >= 15 is 0 Å². The second-order valence-corrected chi connectivity index (χ2v) is 4.12. The van der Waals surface area contributed by atoms with Gasteiger partial charge >= 0.3 is 0 Å². The molecule has 1 unspecified atom stereocenters. The predicted molar refractivity (Wildman–Crippen MR) is 53.9 cm³/mol. The van der Waals surface area contributed by atoms with Gasteiger partial charge < -0.3 is 5.11 Å². The largest absolute Gasteiger partial charge is 0.388 e. The highest BCUT2D eigenvalue weighted by Gasteiger charge is 2.16. The predicted octanol–water partition coefficient (Wildman–Crippen LogP) is 3.28. The molecule has 0 fully saturated rings. The van der Waals surface area contributed by atoms with Crippen LogP contribution in [0.15, 0.2) is 22.7 Å². The van der Waals surface area contributed by atoms with Gasteiger partial charge in [-0.3, -0.25) is 0 Å². The summed E-state index contributed by atoms with van der Waals surface area (Å²) in [7, 11) is 0. The molecule has 1 nitrogen and oxygen atoms in total. The third-order valence-electron chi connectivity index (χ3n) is 1.93. The molecule has 0 heterocycles. The Labute approximate surface area is 85.7 Å². The minimum Gasteiger partial charge on any atom is -0.388 e. The molecule has 0 saturated heterocycles. The molecule has 0 bridgehead atoms. The van der Waals surface area contributed by atoms with Gasteiger partial charge in [-0.25, -0.2) is 4.39 Å². The molecule has 0 amide bonds. The Morgan fingerprint density at radius 2 is 2.00 bits per heavy atom. The first-order valence-electron chi connectivity index (χ1n) is 4.16. The van der Waals surface area contributed by atoms with E-state index in [2.05, 4.69) is 15.9 Å². The Morgan fingerprint density at radius 1 is 1.38 bits per heavy atom. The molecule has 0 aliphatic rings. The van der Waals surface area contributed by atoms with E-state index < -0.39 is 6.10 Å². The summed E-state index contributed by atoms with van der Waals surface area (Å²) >= 11 is 3.11. The van der Waals surface area contributed by atoms with Crippen LogP contribution in [0.4, 0.5) is 4.39 Å². The highest BCUT2D eigenvalue weighted by Crippen LogP contribution is 2.29. The first kappa shape index (κ1) is 10.7. The molecular formula is C10H12BrFO. The highest BCUT2D eigenvalue weighted by atomic mass is 79.9. The maximum absolute atomic E-state index is 13.0. The summed E-state index contributed by atoms with van der Waals surface area (Å²) < 4.78 is 13.4. The number of hydrogen-bond acceptors (Lipinski definition) is 1. The van der Waals surface area contributed by atoms with Crippen molar-refractivity contribution < 1.29 is 9.50 Å².